The first-order chi connectivity index (χ1) is 14.7. The molecule has 1 aliphatic rings. The summed E-state index contributed by atoms with van der Waals surface area (Å²) in [4.78, 5) is 28.5. The average molecular weight is 467 g/mol. The highest BCUT2D eigenvalue weighted by molar-refractivity contribution is 5.91. The summed E-state index contributed by atoms with van der Waals surface area (Å²) in [7, 11) is 3.55. The van der Waals surface area contributed by atoms with E-state index in [0.29, 0.717) is 18.7 Å². The number of carbonyl (C=O) groups is 2. The van der Waals surface area contributed by atoms with Gasteiger partial charge in [0.15, 0.2) is 0 Å². The van der Waals surface area contributed by atoms with Crippen LogP contribution in [0.15, 0.2) is 18.2 Å². The van der Waals surface area contributed by atoms with Gasteiger partial charge in [0.05, 0.1) is 17.0 Å². The molecule has 0 aromatic heterocycles. The third-order valence-electron chi connectivity index (χ3n) is 5.34. The van der Waals surface area contributed by atoms with E-state index in [1.807, 2.05) is 7.05 Å². The molecule has 2 amide bonds. The highest BCUT2D eigenvalue weighted by Gasteiger charge is 2.37. The fraction of sp³-hybridized carbons (Fsp3) is 0.619. The molecule has 180 valence electrons. The standard InChI is InChI=1S/C21H27F6N3O2/c1-13(11-30(3)19(32)14-5-4-6-29(2)12-14)7-18(31)28-17-9-15(20(22,23)24)8-16(10-17)21(25,26)27/h8-10,13-14H,4-7,11-12H2,1-3H3,(H,28,31). The van der Waals surface area contributed by atoms with E-state index in [0.717, 1.165) is 19.4 Å². The summed E-state index contributed by atoms with van der Waals surface area (Å²) in [5.41, 5.74) is -3.59. The molecule has 32 heavy (non-hydrogen) atoms. The van der Waals surface area contributed by atoms with Crippen LogP contribution < -0.4 is 5.32 Å². The van der Waals surface area contributed by atoms with Crippen LogP contribution in [0.3, 0.4) is 0 Å². The summed E-state index contributed by atoms with van der Waals surface area (Å²) < 4.78 is 77.8. The molecule has 1 aromatic rings. The lowest BCUT2D eigenvalue weighted by Crippen LogP contribution is -2.43. The lowest BCUT2D eigenvalue weighted by Gasteiger charge is -2.32. The first kappa shape index (κ1) is 26.0. The first-order valence-electron chi connectivity index (χ1n) is 10.2. The molecule has 1 aromatic carbocycles. The molecular formula is C21H27F6N3O2. The van der Waals surface area contributed by atoms with Gasteiger partial charge in [-0.15, -0.1) is 0 Å². The molecule has 0 aliphatic carbocycles. The summed E-state index contributed by atoms with van der Waals surface area (Å²) in [5.74, 6) is -1.26. The number of benzene rings is 1. The molecule has 0 radical (unpaired) electrons. The quantitative estimate of drug-likeness (QED) is 0.628. The largest absolute Gasteiger partial charge is 0.416 e. The Balaban J connectivity index is 2.00. The highest BCUT2D eigenvalue weighted by Crippen LogP contribution is 2.37. The molecule has 1 fully saturated rings. The number of piperidine rings is 1. The van der Waals surface area contributed by atoms with Crippen molar-refractivity contribution < 1.29 is 35.9 Å². The van der Waals surface area contributed by atoms with Gasteiger partial charge in [0, 0.05) is 32.2 Å². The zero-order chi connectivity index (χ0) is 24.3. The topological polar surface area (TPSA) is 52.7 Å². The van der Waals surface area contributed by atoms with Crippen LogP contribution in [0.2, 0.25) is 0 Å². The van der Waals surface area contributed by atoms with Crippen molar-refractivity contribution >= 4 is 17.5 Å². The molecule has 1 aliphatic heterocycles. The number of amides is 2. The number of likely N-dealkylation sites (tertiary alicyclic amines) is 1. The van der Waals surface area contributed by atoms with E-state index in [-0.39, 0.29) is 36.8 Å². The second-order valence-electron chi connectivity index (χ2n) is 8.47. The highest BCUT2D eigenvalue weighted by atomic mass is 19.4. The molecule has 0 bridgehead atoms. The van der Waals surface area contributed by atoms with Crippen molar-refractivity contribution in [3.63, 3.8) is 0 Å². The van der Waals surface area contributed by atoms with Gasteiger partial charge in [-0.2, -0.15) is 26.3 Å². The van der Waals surface area contributed by atoms with Crippen LogP contribution in [0.1, 0.15) is 37.3 Å². The van der Waals surface area contributed by atoms with Crippen molar-refractivity contribution in [2.45, 2.75) is 38.5 Å². The van der Waals surface area contributed by atoms with Crippen molar-refractivity contribution in [3.8, 4) is 0 Å². The molecule has 5 nitrogen and oxygen atoms in total. The Bertz CT molecular complexity index is 792. The molecule has 2 unspecified atom stereocenters. The molecule has 11 heteroatoms. The van der Waals surface area contributed by atoms with Crippen LogP contribution in [0.5, 0.6) is 0 Å². The smallest absolute Gasteiger partial charge is 0.345 e. The lowest BCUT2D eigenvalue weighted by atomic mass is 9.96. The van der Waals surface area contributed by atoms with Gasteiger partial charge in [0.2, 0.25) is 11.8 Å². The maximum absolute atomic E-state index is 13.0. The van der Waals surface area contributed by atoms with E-state index in [9.17, 15) is 35.9 Å². The maximum Gasteiger partial charge on any atom is 0.416 e. The Labute approximate surface area is 182 Å². The van der Waals surface area contributed by atoms with Gasteiger partial charge in [-0.25, -0.2) is 0 Å². The minimum Gasteiger partial charge on any atom is -0.345 e. The van der Waals surface area contributed by atoms with Crippen LogP contribution in [-0.2, 0) is 21.9 Å². The number of carbonyl (C=O) groups excluding carboxylic acids is 2. The first-order valence-corrected chi connectivity index (χ1v) is 10.2. The zero-order valence-corrected chi connectivity index (χ0v) is 18.1. The Hall–Kier alpha value is -2.30. The third kappa shape index (κ3) is 7.39. The number of rotatable bonds is 6. The molecule has 2 atom stereocenters. The van der Waals surface area contributed by atoms with Crippen molar-refractivity contribution in [2.75, 3.05) is 39.0 Å². The fourth-order valence-corrected chi connectivity index (χ4v) is 3.86. The summed E-state index contributed by atoms with van der Waals surface area (Å²) in [5, 5.41) is 2.12. The zero-order valence-electron chi connectivity index (χ0n) is 18.1. The number of nitrogens with one attached hydrogen (secondary N) is 1. The summed E-state index contributed by atoms with van der Waals surface area (Å²) in [6.07, 6.45) is -8.47. The Morgan fingerprint density at radius 1 is 1.12 bits per heavy atom. The Morgan fingerprint density at radius 2 is 1.69 bits per heavy atom. The molecule has 1 heterocycles. The normalized spacial score (nSPS) is 18.8. The maximum atomic E-state index is 13.0. The van der Waals surface area contributed by atoms with Gasteiger partial charge in [-0.05, 0) is 50.6 Å². The van der Waals surface area contributed by atoms with Crippen molar-refractivity contribution in [1.29, 1.82) is 0 Å². The number of hydrogen-bond donors (Lipinski definition) is 1. The van der Waals surface area contributed by atoms with E-state index in [2.05, 4.69) is 10.2 Å². The number of hydrogen-bond acceptors (Lipinski definition) is 3. The second kappa shape index (κ2) is 10.1. The molecule has 0 spiro atoms. The van der Waals surface area contributed by atoms with Crippen molar-refractivity contribution in [3.05, 3.63) is 29.3 Å². The Morgan fingerprint density at radius 3 is 2.19 bits per heavy atom. The van der Waals surface area contributed by atoms with Gasteiger partial charge >= 0.3 is 12.4 Å². The van der Waals surface area contributed by atoms with Crippen molar-refractivity contribution in [1.82, 2.24) is 9.80 Å². The molecule has 1 N–H and O–H groups in total. The second-order valence-corrected chi connectivity index (χ2v) is 8.47. The number of anilines is 1. The summed E-state index contributed by atoms with van der Waals surface area (Å²) >= 11 is 0. The predicted molar refractivity (Wildman–Crippen MR) is 107 cm³/mol. The number of halogens is 6. The summed E-state index contributed by atoms with van der Waals surface area (Å²) in [6.45, 7) is 3.50. The fourth-order valence-electron chi connectivity index (χ4n) is 3.86. The van der Waals surface area contributed by atoms with Gasteiger partial charge in [0.25, 0.3) is 0 Å². The van der Waals surface area contributed by atoms with E-state index in [4.69, 9.17) is 0 Å². The average Bonchev–Trinajstić information content (AvgIpc) is 2.65. The molecule has 2 rings (SSSR count). The lowest BCUT2D eigenvalue weighted by molar-refractivity contribution is -0.143. The monoisotopic (exact) mass is 467 g/mol. The van der Waals surface area contributed by atoms with Gasteiger partial charge in [-0.3, -0.25) is 9.59 Å². The number of nitrogens with zero attached hydrogens (tertiary/aromatic N) is 2. The van der Waals surface area contributed by atoms with Crippen LogP contribution >= 0.6 is 0 Å². The van der Waals surface area contributed by atoms with Crippen LogP contribution in [0, 0.1) is 11.8 Å². The van der Waals surface area contributed by atoms with Gasteiger partial charge < -0.3 is 15.1 Å². The van der Waals surface area contributed by atoms with E-state index >= 15 is 0 Å². The van der Waals surface area contributed by atoms with E-state index < -0.39 is 35.1 Å². The van der Waals surface area contributed by atoms with Crippen LogP contribution in [0.25, 0.3) is 0 Å². The minimum absolute atomic E-state index is 0.00153. The third-order valence-corrected chi connectivity index (χ3v) is 5.34. The molecule has 0 saturated carbocycles. The minimum atomic E-state index is -5.00. The number of alkyl halides is 6. The van der Waals surface area contributed by atoms with E-state index in [1.165, 1.54) is 4.90 Å². The summed E-state index contributed by atoms with van der Waals surface area (Å²) in [6, 6.07) is 0.932. The molecule has 1 saturated heterocycles. The Kier molecular flexibility index (Phi) is 8.19. The van der Waals surface area contributed by atoms with Gasteiger partial charge in [0.1, 0.15) is 0 Å². The van der Waals surface area contributed by atoms with Gasteiger partial charge in [-0.1, -0.05) is 6.92 Å². The van der Waals surface area contributed by atoms with E-state index in [1.54, 1.807) is 14.0 Å². The molecular weight excluding hydrogens is 440 g/mol. The SMILES string of the molecule is CC(CC(=O)Nc1cc(C(F)(F)F)cc(C(F)(F)F)c1)CN(C)C(=O)C1CCCN(C)C1. The van der Waals surface area contributed by atoms with Crippen LogP contribution in [0.4, 0.5) is 32.0 Å². The van der Waals surface area contributed by atoms with Crippen LogP contribution in [-0.4, -0.2) is 55.3 Å². The predicted octanol–water partition coefficient (Wildman–Crippen LogP) is 4.49. The van der Waals surface area contributed by atoms with Crippen molar-refractivity contribution in [2.24, 2.45) is 11.8 Å².